The third-order valence-corrected chi connectivity index (χ3v) is 7.08. The number of rotatable bonds is 7. The van der Waals surface area contributed by atoms with E-state index in [0.717, 1.165) is 21.6 Å². The molecule has 35 heavy (non-hydrogen) atoms. The number of aryl methyl sites for hydroxylation is 2. The molecule has 3 aromatic rings. The van der Waals surface area contributed by atoms with Crippen LogP contribution in [-0.4, -0.2) is 43.0 Å². The molecule has 4 rings (SSSR count). The molecule has 2 heterocycles. The van der Waals surface area contributed by atoms with Crippen LogP contribution in [0.15, 0.2) is 53.4 Å². The Bertz CT molecular complexity index is 1310. The maximum absolute atomic E-state index is 13.3. The molecular weight excluding hydrogens is 466 g/mol. The average Bonchev–Trinajstić information content (AvgIpc) is 3.47. The number of ketones is 1. The first kappa shape index (κ1) is 24.3. The third-order valence-electron chi connectivity index (χ3n) is 6.15. The highest BCUT2D eigenvalue weighted by molar-refractivity contribution is 7.10. The van der Waals surface area contributed by atoms with E-state index in [1.165, 1.54) is 16.2 Å². The highest BCUT2D eigenvalue weighted by atomic mass is 32.1. The van der Waals surface area contributed by atoms with Crippen molar-refractivity contribution in [1.82, 2.24) is 4.90 Å². The van der Waals surface area contributed by atoms with Crippen LogP contribution in [0.4, 0.5) is 0 Å². The number of aliphatic hydroxyl groups is 1. The number of carbonyl (C=O) groups excluding carboxylic acids is 2. The van der Waals surface area contributed by atoms with Gasteiger partial charge in [0.1, 0.15) is 11.5 Å². The zero-order chi connectivity index (χ0) is 25.3. The SMILES string of the molecule is COc1cc(C)c(/C(O)=C2/C(=O)C(=O)N(Cc3ccc(OC)c(OC)c3)C2c2cccs2)cc1C. The van der Waals surface area contributed by atoms with E-state index in [9.17, 15) is 14.7 Å². The lowest BCUT2D eigenvalue weighted by Crippen LogP contribution is -2.28. The van der Waals surface area contributed by atoms with Crippen LogP contribution in [0.5, 0.6) is 17.2 Å². The van der Waals surface area contributed by atoms with Crippen LogP contribution >= 0.6 is 11.3 Å². The summed E-state index contributed by atoms with van der Waals surface area (Å²) in [5.41, 5.74) is 2.88. The van der Waals surface area contributed by atoms with Gasteiger partial charge in [-0.3, -0.25) is 9.59 Å². The number of methoxy groups -OCH3 is 3. The second kappa shape index (κ2) is 9.84. The van der Waals surface area contributed by atoms with E-state index in [0.29, 0.717) is 22.8 Å². The van der Waals surface area contributed by atoms with Crippen molar-refractivity contribution < 1.29 is 28.9 Å². The Labute approximate surface area is 208 Å². The number of ether oxygens (including phenoxy) is 3. The maximum Gasteiger partial charge on any atom is 0.295 e. The minimum atomic E-state index is -0.718. The Morgan fingerprint density at radius 3 is 2.29 bits per heavy atom. The number of hydrogen-bond acceptors (Lipinski definition) is 7. The van der Waals surface area contributed by atoms with Gasteiger partial charge in [-0.2, -0.15) is 0 Å². The molecule has 1 aliphatic rings. The van der Waals surface area contributed by atoms with Gasteiger partial charge in [-0.15, -0.1) is 11.3 Å². The second-order valence-corrected chi connectivity index (χ2v) is 9.25. The number of Topliss-reactive ketones (excluding diaryl/α,β-unsaturated/α-hetero) is 1. The molecule has 0 saturated carbocycles. The Hall–Kier alpha value is -3.78. The van der Waals surface area contributed by atoms with Crippen LogP contribution in [0.3, 0.4) is 0 Å². The Morgan fingerprint density at radius 1 is 0.943 bits per heavy atom. The molecule has 8 heteroatoms. The number of likely N-dealkylation sites (tertiary alicyclic amines) is 1. The van der Waals surface area contributed by atoms with Crippen LogP contribution < -0.4 is 14.2 Å². The van der Waals surface area contributed by atoms with Gasteiger partial charge in [0.15, 0.2) is 11.5 Å². The number of carbonyl (C=O) groups is 2. The first-order chi connectivity index (χ1) is 16.8. The standard InChI is InChI=1S/C27H27NO6S/c1-15-12-20(33-4)16(2)11-18(15)25(29)23-24(22-7-6-10-35-22)28(27(31)26(23)30)14-17-8-9-19(32-3)21(13-17)34-5/h6-13,24,29H,14H2,1-5H3/b25-23-. The Balaban J connectivity index is 1.83. The van der Waals surface area contributed by atoms with E-state index in [1.807, 2.05) is 43.5 Å². The van der Waals surface area contributed by atoms with E-state index in [2.05, 4.69) is 0 Å². The highest BCUT2D eigenvalue weighted by Crippen LogP contribution is 2.43. The van der Waals surface area contributed by atoms with Crippen molar-refractivity contribution in [1.29, 1.82) is 0 Å². The van der Waals surface area contributed by atoms with Gasteiger partial charge in [0.2, 0.25) is 0 Å². The number of aliphatic hydroxyl groups excluding tert-OH is 1. The van der Waals surface area contributed by atoms with Crippen LogP contribution in [0, 0.1) is 13.8 Å². The minimum absolute atomic E-state index is 0.0746. The molecule has 0 spiro atoms. The van der Waals surface area contributed by atoms with Gasteiger partial charge in [-0.1, -0.05) is 12.1 Å². The van der Waals surface area contributed by atoms with E-state index >= 15 is 0 Å². The predicted molar refractivity (Wildman–Crippen MR) is 134 cm³/mol. The highest BCUT2D eigenvalue weighted by Gasteiger charge is 2.46. The fourth-order valence-electron chi connectivity index (χ4n) is 4.37. The largest absolute Gasteiger partial charge is 0.507 e. The third kappa shape index (κ3) is 4.37. The molecule has 0 bridgehead atoms. The molecule has 1 unspecified atom stereocenters. The molecule has 0 radical (unpaired) electrons. The summed E-state index contributed by atoms with van der Waals surface area (Å²) in [6.07, 6.45) is 0. The van der Waals surface area contributed by atoms with Crippen LogP contribution in [0.1, 0.15) is 33.2 Å². The van der Waals surface area contributed by atoms with Gasteiger partial charge >= 0.3 is 0 Å². The molecule has 1 fully saturated rings. The van der Waals surface area contributed by atoms with Crippen molar-refractivity contribution in [3.63, 3.8) is 0 Å². The summed E-state index contributed by atoms with van der Waals surface area (Å²) >= 11 is 1.43. The lowest BCUT2D eigenvalue weighted by atomic mass is 9.96. The zero-order valence-electron chi connectivity index (χ0n) is 20.2. The van der Waals surface area contributed by atoms with Gasteiger partial charge in [-0.05, 0) is 66.2 Å². The fourth-order valence-corrected chi connectivity index (χ4v) is 5.22. The summed E-state index contributed by atoms with van der Waals surface area (Å²) in [6, 6.07) is 11.9. The fraction of sp³-hybridized carbons (Fsp3) is 0.259. The topological polar surface area (TPSA) is 85.3 Å². The molecule has 1 amide bonds. The van der Waals surface area contributed by atoms with Crippen molar-refractivity contribution in [2.24, 2.45) is 0 Å². The maximum atomic E-state index is 13.3. The smallest absolute Gasteiger partial charge is 0.295 e. The van der Waals surface area contributed by atoms with Gasteiger partial charge in [0.25, 0.3) is 11.7 Å². The van der Waals surface area contributed by atoms with Crippen molar-refractivity contribution in [3.8, 4) is 17.2 Å². The van der Waals surface area contributed by atoms with E-state index in [1.54, 1.807) is 39.5 Å². The molecule has 0 aliphatic carbocycles. The zero-order valence-corrected chi connectivity index (χ0v) is 21.1. The van der Waals surface area contributed by atoms with Gasteiger partial charge < -0.3 is 24.2 Å². The van der Waals surface area contributed by atoms with Crippen LogP contribution in [0.2, 0.25) is 0 Å². The van der Waals surface area contributed by atoms with Gasteiger partial charge in [-0.25, -0.2) is 0 Å². The normalized spacial score (nSPS) is 17.1. The second-order valence-electron chi connectivity index (χ2n) is 8.27. The summed E-state index contributed by atoms with van der Waals surface area (Å²) in [4.78, 5) is 28.8. The molecule has 1 atom stereocenters. The minimum Gasteiger partial charge on any atom is -0.507 e. The number of nitrogens with zero attached hydrogens (tertiary/aromatic N) is 1. The molecule has 182 valence electrons. The summed E-state index contributed by atoms with van der Waals surface area (Å²) in [5, 5.41) is 13.3. The quantitative estimate of drug-likeness (QED) is 0.283. The van der Waals surface area contributed by atoms with E-state index < -0.39 is 17.7 Å². The summed E-state index contributed by atoms with van der Waals surface area (Å²) < 4.78 is 16.1. The monoisotopic (exact) mass is 493 g/mol. The van der Waals surface area contributed by atoms with Gasteiger partial charge in [0.05, 0.1) is 32.9 Å². The van der Waals surface area contributed by atoms with Crippen molar-refractivity contribution in [3.05, 3.63) is 80.5 Å². The molecule has 1 N–H and O–H groups in total. The molecule has 2 aromatic carbocycles. The summed E-state index contributed by atoms with van der Waals surface area (Å²) in [6.45, 7) is 3.85. The number of benzene rings is 2. The number of amides is 1. The Morgan fingerprint density at radius 2 is 1.66 bits per heavy atom. The lowest BCUT2D eigenvalue weighted by Gasteiger charge is -2.24. The van der Waals surface area contributed by atoms with Crippen LogP contribution in [-0.2, 0) is 16.1 Å². The first-order valence-corrected chi connectivity index (χ1v) is 11.9. The molecule has 1 saturated heterocycles. The number of hydrogen-bond donors (Lipinski definition) is 1. The predicted octanol–water partition coefficient (Wildman–Crippen LogP) is 5.01. The summed E-state index contributed by atoms with van der Waals surface area (Å²) in [5.74, 6) is 0.205. The first-order valence-electron chi connectivity index (χ1n) is 11.0. The lowest BCUT2D eigenvalue weighted by molar-refractivity contribution is -0.140. The van der Waals surface area contributed by atoms with Crippen LogP contribution in [0.25, 0.3) is 5.76 Å². The van der Waals surface area contributed by atoms with Gasteiger partial charge in [0, 0.05) is 17.0 Å². The van der Waals surface area contributed by atoms with E-state index in [-0.39, 0.29) is 17.9 Å². The number of thiophene rings is 1. The van der Waals surface area contributed by atoms with E-state index in [4.69, 9.17) is 14.2 Å². The molecule has 1 aromatic heterocycles. The molecule has 7 nitrogen and oxygen atoms in total. The molecule has 1 aliphatic heterocycles. The van der Waals surface area contributed by atoms with Crippen molar-refractivity contribution >= 4 is 28.8 Å². The average molecular weight is 494 g/mol. The Kier molecular flexibility index (Phi) is 6.84. The van der Waals surface area contributed by atoms with Crippen molar-refractivity contribution in [2.45, 2.75) is 26.4 Å². The molecular formula is C27H27NO6S. The summed E-state index contributed by atoms with van der Waals surface area (Å²) in [7, 11) is 4.67. The van der Waals surface area contributed by atoms with Crippen molar-refractivity contribution in [2.75, 3.05) is 21.3 Å².